The maximum absolute atomic E-state index is 13.9. The van der Waals surface area contributed by atoms with Gasteiger partial charge in [0, 0.05) is 6.54 Å². The van der Waals surface area contributed by atoms with Crippen molar-refractivity contribution in [1.29, 1.82) is 0 Å². The fourth-order valence-electron chi connectivity index (χ4n) is 5.97. The van der Waals surface area contributed by atoms with E-state index in [1.807, 2.05) is 41.5 Å². The quantitative estimate of drug-likeness (QED) is 0.185. The lowest BCUT2D eigenvalue weighted by Crippen LogP contribution is -2.53. The second-order valence-electron chi connectivity index (χ2n) is 11.9. The molecule has 0 aliphatic heterocycles. The van der Waals surface area contributed by atoms with Gasteiger partial charge in [0.25, 0.3) is 0 Å². The van der Waals surface area contributed by atoms with Crippen LogP contribution in [0.15, 0.2) is 66.7 Å². The molecule has 0 fully saturated rings. The molecule has 43 heavy (non-hydrogen) atoms. The highest BCUT2D eigenvalue weighted by Crippen LogP contribution is 2.32. The third-order valence-electron chi connectivity index (χ3n) is 8.30. The molecule has 3 aromatic rings. The Kier molecular flexibility index (Phi) is 12.1. The number of benzene rings is 3. The Morgan fingerprint density at radius 2 is 1.70 bits per heavy atom. The van der Waals surface area contributed by atoms with Crippen LogP contribution in [0.2, 0.25) is 0 Å². The number of aryl methyl sites for hydroxylation is 1. The van der Waals surface area contributed by atoms with Crippen LogP contribution in [-0.4, -0.2) is 58.6 Å². The SMILES string of the molecule is CSCCC(NC(=O)CN(Cc1cccc2ccccc12)C(CCC(C)C)NC(=O)C1CCCc2ccccc21)C(=O)O. The molecule has 0 saturated heterocycles. The van der Waals surface area contributed by atoms with Crippen LogP contribution in [0.4, 0.5) is 0 Å². The van der Waals surface area contributed by atoms with Gasteiger partial charge >= 0.3 is 5.97 Å². The summed E-state index contributed by atoms with van der Waals surface area (Å²) in [6, 6.07) is 21.5. The van der Waals surface area contributed by atoms with Crippen LogP contribution >= 0.6 is 11.8 Å². The average molecular weight is 604 g/mol. The van der Waals surface area contributed by atoms with Crippen molar-refractivity contribution in [3.05, 3.63) is 83.4 Å². The standard InChI is InChI=1S/C35H45N3O4S/c1-24(2)18-19-32(37-34(40)30-17-9-13-26-11-5-7-16-29(26)30)38(23-33(39)36-31(35(41)42)20-21-43-3)22-27-14-8-12-25-10-4-6-15-28(25)27/h4-8,10-12,14-16,24,30-32H,9,13,17-23H2,1-3H3,(H,36,39)(H,37,40)(H,41,42). The smallest absolute Gasteiger partial charge is 0.326 e. The van der Waals surface area contributed by atoms with Crippen molar-refractivity contribution in [2.24, 2.45) is 5.92 Å². The minimum absolute atomic E-state index is 0.0207. The van der Waals surface area contributed by atoms with E-state index >= 15 is 0 Å². The van der Waals surface area contributed by atoms with E-state index in [2.05, 4.69) is 60.9 Å². The molecule has 0 bridgehead atoms. The van der Waals surface area contributed by atoms with Crippen LogP contribution in [0, 0.1) is 5.92 Å². The molecule has 0 radical (unpaired) electrons. The van der Waals surface area contributed by atoms with Gasteiger partial charge in [0.2, 0.25) is 11.8 Å². The van der Waals surface area contributed by atoms with Gasteiger partial charge in [-0.1, -0.05) is 80.6 Å². The Morgan fingerprint density at radius 1 is 0.953 bits per heavy atom. The van der Waals surface area contributed by atoms with Gasteiger partial charge in [-0.15, -0.1) is 0 Å². The summed E-state index contributed by atoms with van der Waals surface area (Å²) in [6.45, 7) is 4.71. The summed E-state index contributed by atoms with van der Waals surface area (Å²) >= 11 is 1.55. The minimum atomic E-state index is -1.04. The number of carboxylic acids is 1. The first-order chi connectivity index (χ1) is 20.8. The zero-order chi connectivity index (χ0) is 30.8. The summed E-state index contributed by atoms with van der Waals surface area (Å²) in [5.74, 6) is -0.613. The van der Waals surface area contributed by atoms with Crippen molar-refractivity contribution in [1.82, 2.24) is 15.5 Å². The van der Waals surface area contributed by atoms with Crippen LogP contribution in [0.1, 0.15) is 68.6 Å². The predicted molar refractivity (Wildman–Crippen MR) is 175 cm³/mol. The molecule has 1 aliphatic rings. The number of carbonyl (C=O) groups is 3. The summed E-state index contributed by atoms with van der Waals surface area (Å²) in [6.07, 6.45) is 6.13. The van der Waals surface area contributed by atoms with Crippen LogP contribution < -0.4 is 10.6 Å². The number of nitrogens with zero attached hydrogens (tertiary/aromatic N) is 1. The van der Waals surface area contributed by atoms with E-state index in [1.54, 1.807) is 11.8 Å². The molecule has 7 nitrogen and oxygen atoms in total. The molecule has 0 spiro atoms. The third-order valence-corrected chi connectivity index (χ3v) is 8.94. The molecular formula is C35H45N3O4S. The topological polar surface area (TPSA) is 98.7 Å². The third kappa shape index (κ3) is 9.07. The fourth-order valence-corrected chi connectivity index (χ4v) is 6.44. The first-order valence-electron chi connectivity index (χ1n) is 15.4. The van der Waals surface area contributed by atoms with Crippen LogP contribution in [0.3, 0.4) is 0 Å². The number of amides is 2. The molecule has 0 aromatic heterocycles. The second-order valence-corrected chi connectivity index (χ2v) is 12.9. The lowest BCUT2D eigenvalue weighted by molar-refractivity contribution is -0.142. The number of fused-ring (bicyclic) bond motifs is 2. The number of rotatable bonds is 15. The highest BCUT2D eigenvalue weighted by molar-refractivity contribution is 7.98. The molecule has 3 N–H and O–H groups in total. The number of aliphatic carboxylic acids is 1. The van der Waals surface area contributed by atoms with Gasteiger partial charge in [0.15, 0.2) is 0 Å². The maximum atomic E-state index is 13.9. The monoisotopic (exact) mass is 603 g/mol. The normalized spacial score (nSPS) is 16.1. The molecular weight excluding hydrogens is 558 g/mol. The Bertz CT molecular complexity index is 1390. The van der Waals surface area contributed by atoms with Crippen LogP contribution in [0.25, 0.3) is 10.8 Å². The van der Waals surface area contributed by atoms with Gasteiger partial charge in [-0.25, -0.2) is 4.79 Å². The summed E-state index contributed by atoms with van der Waals surface area (Å²) in [7, 11) is 0. The molecule has 0 heterocycles. The maximum Gasteiger partial charge on any atom is 0.326 e. The van der Waals surface area contributed by atoms with Crippen molar-refractivity contribution >= 4 is 40.3 Å². The first-order valence-corrected chi connectivity index (χ1v) is 16.8. The molecule has 0 saturated carbocycles. The summed E-state index contributed by atoms with van der Waals surface area (Å²) in [5, 5.41) is 18.0. The Balaban J connectivity index is 1.64. The van der Waals surface area contributed by atoms with Crippen molar-refractivity contribution in [2.45, 2.75) is 77.0 Å². The molecule has 8 heteroatoms. The highest BCUT2D eigenvalue weighted by atomic mass is 32.2. The Morgan fingerprint density at radius 3 is 2.47 bits per heavy atom. The van der Waals surface area contributed by atoms with Gasteiger partial charge in [-0.3, -0.25) is 14.5 Å². The van der Waals surface area contributed by atoms with Gasteiger partial charge in [0.1, 0.15) is 6.04 Å². The number of thioether (sulfide) groups is 1. The second kappa shape index (κ2) is 15.9. The van der Waals surface area contributed by atoms with E-state index in [4.69, 9.17) is 0 Å². The molecule has 3 atom stereocenters. The molecule has 4 rings (SSSR count). The van der Waals surface area contributed by atoms with Gasteiger partial charge in [0.05, 0.1) is 18.6 Å². The van der Waals surface area contributed by atoms with Crippen molar-refractivity contribution in [3.8, 4) is 0 Å². The van der Waals surface area contributed by atoms with Crippen LogP contribution in [-0.2, 0) is 27.3 Å². The summed E-state index contributed by atoms with van der Waals surface area (Å²) < 4.78 is 0. The van der Waals surface area contributed by atoms with Crippen molar-refractivity contribution < 1.29 is 19.5 Å². The van der Waals surface area contributed by atoms with Crippen LogP contribution in [0.5, 0.6) is 0 Å². The number of nitrogens with one attached hydrogen (secondary N) is 2. The number of carboxylic acid groups (broad SMARTS) is 1. The predicted octanol–water partition coefficient (Wildman–Crippen LogP) is 5.96. The van der Waals surface area contributed by atoms with E-state index in [0.717, 1.165) is 47.6 Å². The van der Waals surface area contributed by atoms with E-state index < -0.39 is 18.2 Å². The Labute approximate surface area is 259 Å². The molecule has 230 valence electrons. The number of hydrogen-bond acceptors (Lipinski definition) is 5. The first kappa shape index (κ1) is 32.6. The molecule has 3 aromatic carbocycles. The zero-order valence-corrected chi connectivity index (χ0v) is 26.4. The summed E-state index contributed by atoms with van der Waals surface area (Å²) in [5.41, 5.74) is 3.37. The van der Waals surface area contributed by atoms with E-state index in [9.17, 15) is 19.5 Å². The summed E-state index contributed by atoms with van der Waals surface area (Å²) in [4.78, 5) is 41.3. The molecule has 1 aliphatic carbocycles. The van der Waals surface area contributed by atoms with Gasteiger partial charge in [-0.05, 0) is 83.9 Å². The zero-order valence-electron chi connectivity index (χ0n) is 25.6. The van der Waals surface area contributed by atoms with E-state index in [1.165, 1.54) is 5.56 Å². The molecule has 3 unspecified atom stereocenters. The average Bonchev–Trinajstić information content (AvgIpc) is 3.00. The van der Waals surface area contributed by atoms with Gasteiger partial charge < -0.3 is 15.7 Å². The number of carbonyl (C=O) groups excluding carboxylic acids is 2. The van der Waals surface area contributed by atoms with Crippen molar-refractivity contribution in [3.63, 3.8) is 0 Å². The highest BCUT2D eigenvalue weighted by Gasteiger charge is 2.31. The molecule has 2 amide bonds. The van der Waals surface area contributed by atoms with Crippen molar-refractivity contribution in [2.75, 3.05) is 18.6 Å². The van der Waals surface area contributed by atoms with E-state index in [0.29, 0.717) is 31.1 Å². The number of hydrogen-bond donors (Lipinski definition) is 3. The van der Waals surface area contributed by atoms with Gasteiger partial charge in [-0.2, -0.15) is 11.8 Å². The fraction of sp³-hybridized carbons (Fsp3) is 0.457. The largest absolute Gasteiger partial charge is 0.480 e. The lowest BCUT2D eigenvalue weighted by atomic mass is 9.82. The van der Waals surface area contributed by atoms with E-state index in [-0.39, 0.29) is 24.3 Å². The minimum Gasteiger partial charge on any atom is -0.480 e. The Hall–Kier alpha value is -3.36. The lowest BCUT2D eigenvalue weighted by Gasteiger charge is -2.35.